The summed E-state index contributed by atoms with van der Waals surface area (Å²) in [7, 11) is 4.03. The van der Waals surface area contributed by atoms with Gasteiger partial charge in [-0.15, -0.1) is 24.0 Å². The van der Waals surface area contributed by atoms with Crippen molar-refractivity contribution in [3.63, 3.8) is 0 Å². The summed E-state index contributed by atoms with van der Waals surface area (Å²) < 4.78 is 5.94. The van der Waals surface area contributed by atoms with Crippen LogP contribution in [0.15, 0.2) is 65.7 Å². The first-order chi connectivity index (χ1) is 14.2. The molecule has 164 valence electrons. The van der Waals surface area contributed by atoms with Crippen LogP contribution in [0, 0.1) is 5.92 Å². The molecule has 0 spiro atoms. The summed E-state index contributed by atoms with van der Waals surface area (Å²) in [4.78, 5) is 9.17. The number of nitrogens with one attached hydrogen (secondary N) is 1. The first-order valence-electron chi connectivity index (χ1n) is 10.5. The second-order valence-electron chi connectivity index (χ2n) is 7.80. The van der Waals surface area contributed by atoms with Crippen molar-refractivity contribution in [1.82, 2.24) is 15.1 Å². The molecule has 0 aromatic heterocycles. The molecule has 1 saturated heterocycles. The highest BCUT2D eigenvalue weighted by atomic mass is 127. The molecule has 1 N–H and O–H groups in total. The van der Waals surface area contributed by atoms with E-state index in [9.17, 15) is 0 Å². The predicted octanol–water partition coefficient (Wildman–Crippen LogP) is 3.85. The Morgan fingerprint density at radius 3 is 2.43 bits per heavy atom. The summed E-state index contributed by atoms with van der Waals surface area (Å²) in [6.45, 7) is 6.38. The number of rotatable bonds is 9. The highest BCUT2D eigenvalue weighted by Gasteiger charge is 2.24. The molecule has 0 saturated carbocycles. The van der Waals surface area contributed by atoms with Crippen LogP contribution < -0.4 is 5.32 Å². The quantitative estimate of drug-likeness (QED) is 0.309. The normalized spacial score (nSPS) is 16.6. The Hall–Kier alpha value is -1.64. The van der Waals surface area contributed by atoms with Crippen LogP contribution in [0.25, 0.3) is 0 Å². The van der Waals surface area contributed by atoms with Crippen molar-refractivity contribution in [2.75, 3.05) is 46.9 Å². The molecule has 1 unspecified atom stereocenters. The molecule has 30 heavy (non-hydrogen) atoms. The second kappa shape index (κ2) is 13.6. The van der Waals surface area contributed by atoms with Gasteiger partial charge in [0.25, 0.3) is 0 Å². The average molecular weight is 522 g/mol. The van der Waals surface area contributed by atoms with Crippen LogP contribution in [-0.2, 0) is 17.9 Å². The van der Waals surface area contributed by atoms with Crippen molar-refractivity contribution in [2.24, 2.45) is 10.9 Å². The summed E-state index contributed by atoms with van der Waals surface area (Å²) in [5, 5.41) is 3.52. The van der Waals surface area contributed by atoms with E-state index >= 15 is 0 Å². The highest BCUT2D eigenvalue weighted by Crippen LogP contribution is 2.17. The molecule has 1 heterocycles. The number of likely N-dealkylation sites (N-methyl/N-ethyl adjacent to an activating group) is 1. The Labute approximate surface area is 198 Å². The maximum Gasteiger partial charge on any atom is 0.193 e. The van der Waals surface area contributed by atoms with Crippen molar-refractivity contribution in [2.45, 2.75) is 19.6 Å². The summed E-state index contributed by atoms with van der Waals surface area (Å²) in [5.41, 5.74) is 2.58. The number of hydrogen-bond donors (Lipinski definition) is 1. The molecule has 1 aliphatic heterocycles. The summed E-state index contributed by atoms with van der Waals surface area (Å²) in [6.07, 6.45) is 1.16. The van der Waals surface area contributed by atoms with Crippen LogP contribution >= 0.6 is 24.0 Å². The zero-order valence-corrected chi connectivity index (χ0v) is 20.5. The third-order valence-corrected chi connectivity index (χ3v) is 5.33. The molecule has 1 fully saturated rings. The zero-order chi connectivity index (χ0) is 20.3. The monoisotopic (exact) mass is 522 g/mol. The van der Waals surface area contributed by atoms with Gasteiger partial charge in [-0.2, -0.15) is 0 Å². The molecule has 0 aliphatic carbocycles. The minimum absolute atomic E-state index is 0. The van der Waals surface area contributed by atoms with E-state index in [1.807, 2.05) is 13.1 Å². The van der Waals surface area contributed by atoms with Crippen molar-refractivity contribution in [3.8, 4) is 0 Å². The Bertz CT molecular complexity index is 741. The fourth-order valence-corrected chi connectivity index (χ4v) is 3.74. The minimum atomic E-state index is 0. The maximum absolute atomic E-state index is 5.94. The van der Waals surface area contributed by atoms with Gasteiger partial charge in [0.05, 0.1) is 13.2 Å². The third-order valence-electron chi connectivity index (χ3n) is 5.33. The van der Waals surface area contributed by atoms with Crippen molar-refractivity contribution >= 4 is 29.9 Å². The Morgan fingerprint density at radius 1 is 1.10 bits per heavy atom. The lowest BCUT2D eigenvalue weighted by Gasteiger charge is -2.23. The number of halogens is 1. The van der Waals surface area contributed by atoms with Crippen molar-refractivity contribution in [3.05, 3.63) is 71.8 Å². The van der Waals surface area contributed by atoms with Gasteiger partial charge in [0, 0.05) is 45.7 Å². The molecule has 1 atom stereocenters. The summed E-state index contributed by atoms with van der Waals surface area (Å²) in [6, 6.07) is 21.0. The van der Waals surface area contributed by atoms with Gasteiger partial charge in [0.2, 0.25) is 0 Å². The molecule has 1 aliphatic rings. The Kier molecular flexibility index (Phi) is 11.2. The average Bonchev–Trinajstić information content (AvgIpc) is 3.21. The molecular weight excluding hydrogens is 487 g/mol. The van der Waals surface area contributed by atoms with Crippen molar-refractivity contribution < 1.29 is 4.74 Å². The highest BCUT2D eigenvalue weighted by molar-refractivity contribution is 14.0. The van der Waals surface area contributed by atoms with Crippen LogP contribution in [0.4, 0.5) is 0 Å². The molecular formula is C24H35IN4O. The lowest BCUT2D eigenvalue weighted by atomic mass is 10.1. The van der Waals surface area contributed by atoms with E-state index in [2.05, 4.69) is 81.8 Å². The van der Waals surface area contributed by atoms with E-state index in [0.717, 1.165) is 51.7 Å². The number of ether oxygens (including phenoxy) is 1. The SMILES string of the molecule is CN=C(NCCN(C)Cc1ccccc1)N1CCC(COCc2ccccc2)C1.I. The zero-order valence-electron chi connectivity index (χ0n) is 18.2. The Morgan fingerprint density at radius 2 is 1.77 bits per heavy atom. The summed E-state index contributed by atoms with van der Waals surface area (Å²) >= 11 is 0. The van der Waals surface area contributed by atoms with E-state index < -0.39 is 0 Å². The molecule has 0 radical (unpaired) electrons. The molecule has 2 aromatic rings. The first-order valence-corrected chi connectivity index (χ1v) is 10.5. The summed E-state index contributed by atoms with van der Waals surface area (Å²) in [5.74, 6) is 1.57. The minimum Gasteiger partial charge on any atom is -0.376 e. The van der Waals surface area contributed by atoms with Gasteiger partial charge in [-0.25, -0.2) is 0 Å². The van der Waals surface area contributed by atoms with E-state index in [-0.39, 0.29) is 24.0 Å². The van der Waals surface area contributed by atoms with Crippen LogP contribution in [0.5, 0.6) is 0 Å². The molecule has 0 amide bonds. The second-order valence-corrected chi connectivity index (χ2v) is 7.80. The van der Waals surface area contributed by atoms with Crippen LogP contribution in [0.1, 0.15) is 17.5 Å². The lowest BCUT2D eigenvalue weighted by molar-refractivity contribution is 0.0906. The van der Waals surface area contributed by atoms with Gasteiger partial charge < -0.3 is 19.9 Å². The van der Waals surface area contributed by atoms with E-state index in [1.54, 1.807) is 0 Å². The first kappa shape index (κ1) is 24.6. The van der Waals surface area contributed by atoms with Crippen LogP contribution in [0.2, 0.25) is 0 Å². The van der Waals surface area contributed by atoms with E-state index in [1.165, 1.54) is 11.1 Å². The number of aliphatic imine (C=N–C) groups is 1. The van der Waals surface area contributed by atoms with Gasteiger partial charge in [0.15, 0.2) is 5.96 Å². The molecule has 5 nitrogen and oxygen atoms in total. The van der Waals surface area contributed by atoms with E-state index in [4.69, 9.17) is 4.74 Å². The largest absolute Gasteiger partial charge is 0.376 e. The fourth-order valence-electron chi connectivity index (χ4n) is 3.74. The maximum atomic E-state index is 5.94. The standard InChI is InChI=1S/C24H34N4O.HI/c1-25-24(26-14-16-27(2)17-21-9-5-3-6-10-21)28-15-13-23(18-28)20-29-19-22-11-7-4-8-12-22;/h3-12,23H,13-20H2,1-2H3,(H,25,26);1H. The molecule has 6 heteroatoms. The molecule has 3 rings (SSSR count). The van der Waals surface area contributed by atoms with Crippen molar-refractivity contribution in [1.29, 1.82) is 0 Å². The number of likely N-dealkylation sites (tertiary alicyclic amines) is 1. The van der Waals surface area contributed by atoms with Crippen LogP contribution in [0.3, 0.4) is 0 Å². The Balaban J connectivity index is 0.00000320. The lowest BCUT2D eigenvalue weighted by Crippen LogP contribution is -2.43. The van der Waals surface area contributed by atoms with Gasteiger partial charge in [-0.05, 0) is 24.6 Å². The van der Waals surface area contributed by atoms with Gasteiger partial charge in [-0.3, -0.25) is 4.99 Å². The van der Waals surface area contributed by atoms with E-state index in [0.29, 0.717) is 12.5 Å². The number of guanidine groups is 1. The van der Waals surface area contributed by atoms with Gasteiger partial charge >= 0.3 is 0 Å². The van der Waals surface area contributed by atoms with Gasteiger partial charge in [-0.1, -0.05) is 60.7 Å². The number of benzene rings is 2. The van der Waals surface area contributed by atoms with Gasteiger partial charge in [0.1, 0.15) is 0 Å². The smallest absolute Gasteiger partial charge is 0.193 e. The number of nitrogens with zero attached hydrogens (tertiary/aromatic N) is 3. The predicted molar refractivity (Wildman–Crippen MR) is 135 cm³/mol. The fraction of sp³-hybridized carbons (Fsp3) is 0.458. The topological polar surface area (TPSA) is 40.1 Å². The van der Waals surface area contributed by atoms with Crippen LogP contribution in [-0.4, -0.2) is 62.6 Å². The number of hydrogen-bond acceptors (Lipinski definition) is 3. The third kappa shape index (κ3) is 8.24. The molecule has 0 bridgehead atoms. The molecule has 2 aromatic carbocycles.